The maximum Gasteiger partial charge on any atom is 0.238 e. The molecule has 128 valence electrons. The van der Waals surface area contributed by atoms with Gasteiger partial charge in [0.1, 0.15) is 5.75 Å². The largest absolute Gasteiger partial charge is 0.337 e. The maximum absolute atomic E-state index is 12.5. The summed E-state index contributed by atoms with van der Waals surface area (Å²) < 4.78 is 24.8. The molecule has 5 nitrogen and oxygen atoms in total. The van der Waals surface area contributed by atoms with Crippen molar-refractivity contribution in [3.63, 3.8) is 0 Å². The molecule has 0 radical (unpaired) electrons. The van der Waals surface area contributed by atoms with Crippen molar-refractivity contribution >= 4 is 15.7 Å². The molecule has 0 aliphatic heterocycles. The number of rotatable bonds is 8. The number of hydrogen-bond acceptors (Lipinski definition) is 4. The summed E-state index contributed by atoms with van der Waals surface area (Å²) >= 11 is 0. The average molecular weight is 338 g/mol. The van der Waals surface area contributed by atoms with E-state index in [0.717, 1.165) is 18.4 Å². The molecule has 6 heteroatoms. The van der Waals surface area contributed by atoms with E-state index in [1.165, 1.54) is 0 Å². The third-order valence-electron chi connectivity index (χ3n) is 4.34. The van der Waals surface area contributed by atoms with Crippen LogP contribution in [-0.2, 0) is 21.2 Å². The topological polar surface area (TPSA) is 80.5 Å². The van der Waals surface area contributed by atoms with Crippen LogP contribution >= 0.6 is 0 Å². The highest BCUT2D eigenvalue weighted by molar-refractivity contribution is 7.92. The Hall–Kier alpha value is -1.40. The molecule has 0 heterocycles. The minimum Gasteiger partial charge on any atom is -0.337 e. The molecule has 1 aromatic rings. The molecule has 1 saturated carbocycles. The second kappa shape index (κ2) is 8.45. The maximum atomic E-state index is 12.5. The number of benzene rings is 1. The molecule has 2 N–H and O–H groups in total. The molecule has 1 fully saturated rings. The molecule has 0 bridgehead atoms. The molecule has 1 aromatic carbocycles. The summed E-state index contributed by atoms with van der Waals surface area (Å²) in [5.41, 5.74) is 6.54. The van der Waals surface area contributed by atoms with Crippen LogP contribution in [0.5, 0.6) is 0 Å². The zero-order chi connectivity index (χ0) is 16.7. The molecule has 0 saturated heterocycles. The summed E-state index contributed by atoms with van der Waals surface area (Å²) in [5, 5.41) is -0.334. The number of sulfone groups is 1. The summed E-state index contributed by atoms with van der Waals surface area (Å²) in [6.45, 7) is 1.40. The van der Waals surface area contributed by atoms with Gasteiger partial charge in [-0.2, -0.15) is 0 Å². The first-order valence-corrected chi connectivity index (χ1v) is 9.98. The fourth-order valence-electron chi connectivity index (χ4n) is 3.01. The van der Waals surface area contributed by atoms with Crippen LogP contribution in [0, 0.1) is 0 Å². The summed E-state index contributed by atoms with van der Waals surface area (Å²) in [6, 6.07) is 9.62. The highest BCUT2D eigenvalue weighted by Crippen LogP contribution is 2.25. The third-order valence-corrected chi connectivity index (χ3v) is 6.47. The standard InChI is InChI=1S/C17H26N2O3S/c18-11-6-12-19(13-15-7-2-1-3-8-15)17(20)14-23(21,22)16-9-4-5-10-16/h1-3,7-8,16H,4-6,9-14,18H2. The lowest BCUT2D eigenvalue weighted by molar-refractivity contribution is -0.129. The Morgan fingerprint density at radius 2 is 1.83 bits per heavy atom. The fourth-order valence-corrected chi connectivity index (χ4v) is 4.82. The molecule has 1 aliphatic rings. The Balaban J connectivity index is 2.03. The number of amides is 1. The van der Waals surface area contributed by atoms with Gasteiger partial charge in [0.05, 0.1) is 5.25 Å². The van der Waals surface area contributed by atoms with E-state index < -0.39 is 9.84 Å². The fraction of sp³-hybridized carbons (Fsp3) is 0.588. The first-order chi connectivity index (χ1) is 11.0. The van der Waals surface area contributed by atoms with Gasteiger partial charge in [0, 0.05) is 13.1 Å². The van der Waals surface area contributed by atoms with Crippen LogP contribution in [0.2, 0.25) is 0 Å². The lowest BCUT2D eigenvalue weighted by Crippen LogP contribution is -2.38. The summed E-state index contributed by atoms with van der Waals surface area (Å²) in [5.74, 6) is -0.691. The highest BCUT2D eigenvalue weighted by atomic mass is 32.2. The predicted molar refractivity (Wildman–Crippen MR) is 91.6 cm³/mol. The van der Waals surface area contributed by atoms with Crippen LogP contribution in [0.15, 0.2) is 30.3 Å². The highest BCUT2D eigenvalue weighted by Gasteiger charge is 2.32. The lowest BCUT2D eigenvalue weighted by atomic mass is 10.2. The molecule has 1 amide bonds. The smallest absolute Gasteiger partial charge is 0.238 e. The van der Waals surface area contributed by atoms with E-state index >= 15 is 0 Å². The van der Waals surface area contributed by atoms with Gasteiger partial charge in [-0.3, -0.25) is 4.79 Å². The molecule has 1 aliphatic carbocycles. The van der Waals surface area contributed by atoms with Crippen molar-refractivity contribution < 1.29 is 13.2 Å². The Kier molecular flexibility index (Phi) is 6.59. The van der Waals surface area contributed by atoms with E-state index in [1.54, 1.807) is 4.90 Å². The van der Waals surface area contributed by atoms with E-state index in [1.807, 2.05) is 30.3 Å². The van der Waals surface area contributed by atoms with Crippen LogP contribution in [0.4, 0.5) is 0 Å². The van der Waals surface area contributed by atoms with Gasteiger partial charge in [-0.1, -0.05) is 43.2 Å². The Labute approximate surface area is 138 Å². The van der Waals surface area contributed by atoms with Crippen LogP contribution in [0.3, 0.4) is 0 Å². The summed E-state index contributed by atoms with van der Waals surface area (Å²) in [6.07, 6.45) is 3.94. The number of nitrogens with zero attached hydrogens (tertiary/aromatic N) is 1. The van der Waals surface area contributed by atoms with Gasteiger partial charge < -0.3 is 10.6 Å². The molecule has 2 rings (SSSR count). The first kappa shape index (κ1) is 17.9. The Morgan fingerprint density at radius 3 is 2.43 bits per heavy atom. The van der Waals surface area contributed by atoms with Gasteiger partial charge in [0.2, 0.25) is 5.91 Å². The molecule has 0 spiro atoms. The van der Waals surface area contributed by atoms with Gasteiger partial charge in [-0.05, 0) is 31.4 Å². The van der Waals surface area contributed by atoms with Crippen molar-refractivity contribution in [1.29, 1.82) is 0 Å². The summed E-state index contributed by atoms with van der Waals surface area (Å²) in [7, 11) is -3.34. The van der Waals surface area contributed by atoms with Crippen LogP contribution < -0.4 is 5.73 Å². The van der Waals surface area contributed by atoms with Crippen molar-refractivity contribution in [2.45, 2.75) is 43.9 Å². The third kappa shape index (κ3) is 5.32. The van der Waals surface area contributed by atoms with E-state index in [4.69, 9.17) is 5.73 Å². The van der Waals surface area contributed by atoms with Crippen molar-refractivity contribution in [2.24, 2.45) is 5.73 Å². The second-order valence-corrected chi connectivity index (χ2v) is 8.44. The van der Waals surface area contributed by atoms with Crippen molar-refractivity contribution in [2.75, 3.05) is 18.8 Å². The van der Waals surface area contributed by atoms with E-state index in [0.29, 0.717) is 38.9 Å². The molecule has 0 unspecified atom stereocenters. The zero-order valence-electron chi connectivity index (χ0n) is 13.5. The molecule has 0 aromatic heterocycles. The Bertz CT molecular complexity index is 596. The first-order valence-electron chi connectivity index (χ1n) is 8.26. The molecule has 0 atom stereocenters. The molecular formula is C17H26N2O3S. The average Bonchev–Trinajstić information content (AvgIpc) is 3.07. The van der Waals surface area contributed by atoms with Gasteiger partial charge in [-0.15, -0.1) is 0 Å². The SMILES string of the molecule is NCCCN(Cc1ccccc1)C(=O)CS(=O)(=O)C1CCCC1. The second-order valence-electron chi connectivity index (χ2n) is 6.16. The number of nitrogens with two attached hydrogens (primary N) is 1. The van der Waals surface area contributed by atoms with Gasteiger partial charge in [-0.25, -0.2) is 8.42 Å². The monoisotopic (exact) mass is 338 g/mol. The van der Waals surface area contributed by atoms with Gasteiger partial charge in [0.25, 0.3) is 0 Å². The number of carbonyl (C=O) groups is 1. The minimum absolute atomic E-state index is 0.311. The minimum atomic E-state index is -3.34. The quantitative estimate of drug-likeness (QED) is 0.782. The van der Waals surface area contributed by atoms with Crippen molar-refractivity contribution in [3.8, 4) is 0 Å². The normalized spacial score (nSPS) is 15.7. The molecular weight excluding hydrogens is 312 g/mol. The van der Waals surface area contributed by atoms with Crippen LogP contribution in [-0.4, -0.2) is 43.3 Å². The van der Waals surface area contributed by atoms with E-state index in [-0.39, 0.29) is 16.9 Å². The number of hydrogen-bond donors (Lipinski definition) is 1. The van der Waals surface area contributed by atoms with Crippen LogP contribution in [0.25, 0.3) is 0 Å². The van der Waals surface area contributed by atoms with Crippen molar-refractivity contribution in [3.05, 3.63) is 35.9 Å². The lowest BCUT2D eigenvalue weighted by Gasteiger charge is -2.23. The van der Waals surface area contributed by atoms with Gasteiger partial charge >= 0.3 is 0 Å². The van der Waals surface area contributed by atoms with Gasteiger partial charge in [0.15, 0.2) is 9.84 Å². The molecule has 23 heavy (non-hydrogen) atoms. The van der Waals surface area contributed by atoms with E-state index in [2.05, 4.69) is 0 Å². The predicted octanol–water partition coefficient (Wildman–Crippen LogP) is 1.72. The van der Waals surface area contributed by atoms with Crippen LogP contribution in [0.1, 0.15) is 37.7 Å². The number of carbonyl (C=O) groups excluding carboxylic acids is 1. The zero-order valence-corrected chi connectivity index (χ0v) is 14.3. The summed E-state index contributed by atoms with van der Waals surface area (Å²) in [4.78, 5) is 14.2. The van der Waals surface area contributed by atoms with E-state index in [9.17, 15) is 13.2 Å². The van der Waals surface area contributed by atoms with Crippen molar-refractivity contribution in [1.82, 2.24) is 4.90 Å². The Morgan fingerprint density at radius 1 is 1.17 bits per heavy atom.